The zero-order valence-electron chi connectivity index (χ0n) is 7.58. The van der Waals surface area contributed by atoms with E-state index in [0.29, 0.717) is 5.92 Å². The van der Waals surface area contributed by atoms with Crippen molar-refractivity contribution in [2.24, 2.45) is 5.92 Å². The van der Waals surface area contributed by atoms with Gasteiger partial charge in [0, 0.05) is 5.92 Å². The first-order valence-corrected chi connectivity index (χ1v) is 4.74. The standard InChI is InChI=1S/C10H16O2/c1-10(11-7-8-12-10)9-5-3-2-4-6-9/h2-3,9H,4-8H2,1H3. The summed E-state index contributed by atoms with van der Waals surface area (Å²) in [5.41, 5.74) is 0. The Kier molecular flexibility index (Phi) is 2.20. The number of allylic oxidation sites excluding steroid dienone is 2. The molecule has 1 unspecified atom stereocenters. The van der Waals surface area contributed by atoms with Gasteiger partial charge in [0.25, 0.3) is 0 Å². The Morgan fingerprint density at radius 2 is 2.00 bits per heavy atom. The van der Waals surface area contributed by atoms with E-state index in [-0.39, 0.29) is 5.79 Å². The van der Waals surface area contributed by atoms with Crippen molar-refractivity contribution in [3.8, 4) is 0 Å². The van der Waals surface area contributed by atoms with Crippen LogP contribution in [0.2, 0.25) is 0 Å². The van der Waals surface area contributed by atoms with Crippen LogP contribution in [0.15, 0.2) is 12.2 Å². The highest BCUT2D eigenvalue weighted by Gasteiger charge is 2.39. The highest BCUT2D eigenvalue weighted by molar-refractivity contribution is 4.94. The minimum absolute atomic E-state index is 0.287. The summed E-state index contributed by atoms with van der Waals surface area (Å²) in [7, 11) is 0. The molecule has 12 heavy (non-hydrogen) atoms. The molecule has 0 N–H and O–H groups in total. The first-order chi connectivity index (χ1) is 5.81. The van der Waals surface area contributed by atoms with E-state index >= 15 is 0 Å². The van der Waals surface area contributed by atoms with E-state index in [1.165, 1.54) is 12.8 Å². The average Bonchev–Trinajstić information content (AvgIpc) is 2.55. The molecule has 0 aromatic rings. The molecule has 0 saturated carbocycles. The van der Waals surface area contributed by atoms with Crippen LogP contribution in [-0.2, 0) is 9.47 Å². The third-order valence-electron chi connectivity index (χ3n) is 2.87. The molecule has 1 saturated heterocycles. The smallest absolute Gasteiger partial charge is 0.168 e. The summed E-state index contributed by atoms with van der Waals surface area (Å²) in [6.07, 6.45) is 7.97. The normalized spacial score (nSPS) is 33.9. The second kappa shape index (κ2) is 3.19. The topological polar surface area (TPSA) is 18.5 Å². The summed E-state index contributed by atoms with van der Waals surface area (Å²) in [4.78, 5) is 0. The van der Waals surface area contributed by atoms with Crippen molar-refractivity contribution in [1.29, 1.82) is 0 Å². The van der Waals surface area contributed by atoms with Crippen molar-refractivity contribution in [3.63, 3.8) is 0 Å². The van der Waals surface area contributed by atoms with Gasteiger partial charge in [0.1, 0.15) is 0 Å². The average molecular weight is 168 g/mol. The maximum atomic E-state index is 5.62. The van der Waals surface area contributed by atoms with Gasteiger partial charge in [0.15, 0.2) is 5.79 Å². The summed E-state index contributed by atoms with van der Waals surface area (Å²) in [6.45, 7) is 3.59. The molecule has 1 heterocycles. The number of rotatable bonds is 1. The van der Waals surface area contributed by atoms with Crippen LogP contribution in [-0.4, -0.2) is 19.0 Å². The summed E-state index contributed by atoms with van der Waals surface area (Å²) in [6, 6.07) is 0. The zero-order chi connectivity index (χ0) is 8.44. The Morgan fingerprint density at radius 3 is 2.58 bits per heavy atom. The van der Waals surface area contributed by atoms with Crippen LogP contribution >= 0.6 is 0 Å². The molecular formula is C10H16O2. The third kappa shape index (κ3) is 1.41. The van der Waals surface area contributed by atoms with Crippen LogP contribution in [0.5, 0.6) is 0 Å². The SMILES string of the molecule is CC1(C2CC=CCC2)OCCO1. The molecule has 1 atom stereocenters. The zero-order valence-corrected chi connectivity index (χ0v) is 7.58. The van der Waals surface area contributed by atoms with Crippen LogP contribution in [0.25, 0.3) is 0 Å². The fraction of sp³-hybridized carbons (Fsp3) is 0.800. The lowest BCUT2D eigenvalue weighted by atomic mass is 9.87. The molecule has 1 fully saturated rings. The molecule has 2 aliphatic rings. The molecule has 0 amide bonds. The molecule has 68 valence electrons. The summed E-state index contributed by atoms with van der Waals surface area (Å²) in [5.74, 6) is 0.273. The second-order valence-corrected chi connectivity index (χ2v) is 3.69. The number of hydrogen-bond donors (Lipinski definition) is 0. The van der Waals surface area contributed by atoms with Crippen LogP contribution in [0.4, 0.5) is 0 Å². The highest BCUT2D eigenvalue weighted by Crippen LogP contribution is 2.35. The van der Waals surface area contributed by atoms with E-state index in [9.17, 15) is 0 Å². The monoisotopic (exact) mass is 168 g/mol. The largest absolute Gasteiger partial charge is 0.348 e. The van der Waals surface area contributed by atoms with Gasteiger partial charge >= 0.3 is 0 Å². The van der Waals surface area contributed by atoms with Crippen LogP contribution in [0, 0.1) is 5.92 Å². The first kappa shape index (κ1) is 8.27. The number of ether oxygens (including phenoxy) is 2. The van der Waals surface area contributed by atoms with Crippen molar-refractivity contribution >= 4 is 0 Å². The molecule has 0 aromatic carbocycles. The third-order valence-corrected chi connectivity index (χ3v) is 2.87. The lowest BCUT2D eigenvalue weighted by molar-refractivity contribution is -0.182. The van der Waals surface area contributed by atoms with Gasteiger partial charge < -0.3 is 9.47 Å². The molecule has 0 aromatic heterocycles. The second-order valence-electron chi connectivity index (χ2n) is 3.69. The van der Waals surface area contributed by atoms with Crippen LogP contribution < -0.4 is 0 Å². The maximum Gasteiger partial charge on any atom is 0.168 e. The quantitative estimate of drug-likeness (QED) is 0.558. The number of hydrogen-bond acceptors (Lipinski definition) is 2. The van der Waals surface area contributed by atoms with Gasteiger partial charge in [-0.3, -0.25) is 0 Å². The fourth-order valence-corrected chi connectivity index (χ4v) is 2.04. The van der Waals surface area contributed by atoms with E-state index in [1.807, 2.05) is 0 Å². The lowest BCUT2D eigenvalue weighted by Crippen LogP contribution is -2.36. The van der Waals surface area contributed by atoms with Crippen molar-refractivity contribution in [1.82, 2.24) is 0 Å². The predicted molar refractivity (Wildman–Crippen MR) is 46.8 cm³/mol. The molecule has 2 nitrogen and oxygen atoms in total. The van der Waals surface area contributed by atoms with Gasteiger partial charge in [-0.25, -0.2) is 0 Å². The molecule has 0 bridgehead atoms. The highest BCUT2D eigenvalue weighted by atomic mass is 16.7. The molecule has 0 radical (unpaired) electrons. The van der Waals surface area contributed by atoms with Gasteiger partial charge in [0.2, 0.25) is 0 Å². The van der Waals surface area contributed by atoms with E-state index in [4.69, 9.17) is 9.47 Å². The van der Waals surface area contributed by atoms with E-state index in [0.717, 1.165) is 19.6 Å². The summed E-state index contributed by atoms with van der Waals surface area (Å²) in [5, 5.41) is 0. The molecular weight excluding hydrogens is 152 g/mol. The molecule has 1 aliphatic carbocycles. The van der Waals surface area contributed by atoms with Crippen molar-refractivity contribution in [2.45, 2.75) is 32.0 Å². The van der Waals surface area contributed by atoms with Crippen molar-refractivity contribution in [3.05, 3.63) is 12.2 Å². The predicted octanol–water partition coefficient (Wildman–Crippen LogP) is 2.11. The Hall–Kier alpha value is -0.340. The van der Waals surface area contributed by atoms with E-state index in [1.54, 1.807) is 0 Å². The fourth-order valence-electron chi connectivity index (χ4n) is 2.04. The van der Waals surface area contributed by atoms with Gasteiger partial charge in [-0.2, -0.15) is 0 Å². The van der Waals surface area contributed by atoms with Gasteiger partial charge in [-0.1, -0.05) is 12.2 Å². The summed E-state index contributed by atoms with van der Waals surface area (Å²) >= 11 is 0. The van der Waals surface area contributed by atoms with Gasteiger partial charge in [-0.05, 0) is 26.2 Å². The Bertz CT molecular complexity index is 180. The van der Waals surface area contributed by atoms with Crippen LogP contribution in [0.1, 0.15) is 26.2 Å². The van der Waals surface area contributed by atoms with Crippen LogP contribution in [0.3, 0.4) is 0 Å². The minimum Gasteiger partial charge on any atom is -0.348 e. The Balaban J connectivity index is 2.02. The van der Waals surface area contributed by atoms with E-state index < -0.39 is 0 Å². The lowest BCUT2D eigenvalue weighted by Gasteiger charge is -2.32. The Morgan fingerprint density at radius 1 is 1.25 bits per heavy atom. The maximum absolute atomic E-state index is 5.62. The Labute approximate surface area is 73.5 Å². The molecule has 2 rings (SSSR count). The first-order valence-electron chi connectivity index (χ1n) is 4.74. The van der Waals surface area contributed by atoms with Gasteiger partial charge in [0.05, 0.1) is 13.2 Å². The summed E-state index contributed by atoms with van der Waals surface area (Å²) < 4.78 is 11.2. The molecule has 2 heteroatoms. The van der Waals surface area contributed by atoms with Crippen molar-refractivity contribution < 1.29 is 9.47 Å². The molecule has 1 aliphatic heterocycles. The van der Waals surface area contributed by atoms with Gasteiger partial charge in [-0.15, -0.1) is 0 Å². The molecule has 0 spiro atoms. The minimum atomic E-state index is -0.287. The van der Waals surface area contributed by atoms with E-state index in [2.05, 4.69) is 19.1 Å². The van der Waals surface area contributed by atoms with Crippen molar-refractivity contribution in [2.75, 3.05) is 13.2 Å².